The average molecular weight is 223 g/mol. The van der Waals surface area contributed by atoms with E-state index in [2.05, 4.69) is 22.7 Å². The SMILES string of the molecule is Cc1cc(C(=O)NC2CCNCC2C)no1. The quantitative estimate of drug-likeness (QED) is 0.775. The maximum atomic E-state index is 11.8. The third-order valence-corrected chi connectivity index (χ3v) is 2.96. The molecule has 1 aromatic heterocycles. The van der Waals surface area contributed by atoms with Crippen LogP contribution in [0.15, 0.2) is 10.6 Å². The van der Waals surface area contributed by atoms with Gasteiger partial charge in [0.05, 0.1) is 0 Å². The summed E-state index contributed by atoms with van der Waals surface area (Å²) < 4.78 is 4.88. The van der Waals surface area contributed by atoms with Crippen LogP contribution in [0.25, 0.3) is 0 Å². The number of piperidine rings is 1. The number of aryl methyl sites for hydroxylation is 1. The second-order valence-electron chi connectivity index (χ2n) is 4.37. The minimum absolute atomic E-state index is 0.143. The fraction of sp³-hybridized carbons (Fsp3) is 0.636. The van der Waals surface area contributed by atoms with Gasteiger partial charge in [-0.05, 0) is 32.4 Å². The third kappa shape index (κ3) is 2.41. The fourth-order valence-electron chi connectivity index (χ4n) is 1.94. The predicted octanol–water partition coefficient (Wildman–Crippen LogP) is 0.711. The molecule has 5 heteroatoms. The highest BCUT2D eigenvalue weighted by Gasteiger charge is 2.23. The zero-order valence-electron chi connectivity index (χ0n) is 9.62. The molecule has 1 aromatic rings. The first kappa shape index (κ1) is 11.1. The molecule has 2 atom stereocenters. The molecular formula is C11H17N3O2. The molecule has 2 N–H and O–H groups in total. The third-order valence-electron chi connectivity index (χ3n) is 2.96. The Morgan fingerprint density at radius 1 is 1.69 bits per heavy atom. The van der Waals surface area contributed by atoms with Crippen LogP contribution in [0.1, 0.15) is 29.6 Å². The summed E-state index contributed by atoms with van der Waals surface area (Å²) in [6.07, 6.45) is 0.962. The number of hydrogen-bond donors (Lipinski definition) is 2. The molecule has 16 heavy (non-hydrogen) atoms. The molecular weight excluding hydrogens is 206 g/mol. The molecule has 0 spiro atoms. The lowest BCUT2D eigenvalue weighted by Gasteiger charge is -2.29. The van der Waals surface area contributed by atoms with Gasteiger partial charge in [-0.3, -0.25) is 4.79 Å². The number of nitrogens with zero attached hydrogens (tertiary/aromatic N) is 1. The van der Waals surface area contributed by atoms with Crippen molar-refractivity contribution < 1.29 is 9.32 Å². The van der Waals surface area contributed by atoms with Crippen molar-refractivity contribution >= 4 is 5.91 Å². The van der Waals surface area contributed by atoms with E-state index in [0.717, 1.165) is 19.5 Å². The second kappa shape index (κ2) is 4.65. The molecule has 1 fully saturated rings. The van der Waals surface area contributed by atoms with Crippen molar-refractivity contribution in [3.05, 3.63) is 17.5 Å². The fourth-order valence-corrected chi connectivity index (χ4v) is 1.94. The van der Waals surface area contributed by atoms with Gasteiger partial charge in [-0.15, -0.1) is 0 Å². The van der Waals surface area contributed by atoms with Gasteiger partial charge in [0.2, 0.25) is 0 Å². The molecule has 0 bridgehead atoms. The lowest BCUT2D eigenvalue weighted by molar-refractivity contribution is 0.0905. The molecule has 88 valence electrons. The van der Waals surface area contributed by atoms with E-state index in [-0.39, 0.29) is 11.9 Å². The van der Waals surface area contributed by atoms with Crippen LogP contribution >= 0.6 is 0 Å². The normalized spacial score (nSPS) is 25.4. The summed E-state index contributed by atoms with van der Waals surface area (Å²) in [5.74, 6) is 0.963. The van der Waals surface area contributed by atoms with Crippen LogP contribution in [-0.2, 0) is 0 Å². The van der Waals surface area contributed by atoms with Crippen LogP contribution in [0.5, 0.6) is 0 Å². The predicted molar refractivity (Wildman–Crippen MR) is 59.1 cm³/mol. The molecule has 2 heterocycles. The summed E-state index contributed by atoms with van der Waals surface area (Å²) in [7, 11) is 0. The van der Waals surface area contributed by atoms with Gasteiger partial charge in [0.25, 0.3) is 5.91 Å². The summed E-state index contributed by atoms with van der Waals surface area (Å²) in [6.45, 7) is 5.80. The Kier molecular flexibility index (Phi) is 3.24. The monoisotopic (exact) mass is 223 g/mol. The Bertz CT molecular complexity index is 375. The topological polar surface area (TPSA) is 67.2 Å². The second-order valence-corrected chi connectivity index (χ2v) is 4.37. The number of amides is 1. The van der Waals surface area contributed by atoms with Crippen molar-refractivity contribution in [1.82, 2.24) is 15.8 Å². The Morgan fingerprint density at radius 2 is 2.50 bits per heavy atom. The zero-order valence-corrected chi connectivity index (χ0v) is 9.62. The zero-order chi connectivity index (χ0) is 11.5. The number of rotatable bonds is 2. The molecule has 2 unspecified atom stereocenters. The molecule has 0 aromatic carbocycles. The van der Waals surface area contributed by atoms with E-state index in [4.69, 9.17) is 4.52 Å². The van der Waals surface area contributed by atoms with Crippen LogP contribution in [0, 0.1) is 12.8 Å². The van der Waals surface area contributed by atoms with Crippen molar-refractivity contribution in [3.63, 3.8) is 0 Å². The first-order valence-electron chi connectivity index (χ1n) is 5.61. The standard InChI is InChI=1S/C11H17N3O2/c1-7-6-12-4-3-9(7)13-11(15)10-5-8(2)16-14-10/h5,7,9,12H,3-4,6H2,1-2H3,(H,13,15). The Hall–Kier alpha value is -1.36. The number of hydrogen-bond acceptors (Lipinski definition) is 4. The molecule has 0 aliphatic carbocycles. The highest BCUT2D eigenvalue weighted by atomic mass is 16.5. The van der Waals surface area contributed by atoms with Gasteiger partial charge in [-0.25, -0.2) is 0 Å². The van der Waals surface area contributed by atoms with Gasteiger partial charge in [0.15, 0.2) is 5.69 Å². The molecule has 1 aliphatic heterocycles. The average Bonchev–Trinajstić information content (AvgIpc) is 2.68. The van der Waals surface area contributed by atoms with Gasteiger partial charge in [-0.1, -0.05) is 12.1 Å². The molecule has 0 saturated carbocycles. The van der Waals surface area contributed by atoms with Gasteiger partial charge < -0.3 is 15.2 Å². The summed E-state index contributed by atoms with van der Waals surface area (Å²) in [4.78, 5) is 11.8. The maximum Gasteiger partial charge on any atom is 0.273 e. The first-order chi connectivity index (χ1) is 7.66. The van der Waals surface area contributed by atoms with Crippen molar-refractivity contribution in [1.29, 1.82) is 0 Å². The van der Waals surface area contributed by atoms with Crippen molar-refractivity contribution in [3.8, 4) is 0 Å². The van der Waals surface area contributed by atoms with E-state index < -0.39 is 0 Å². The van der Waals surface area contributed by atoms with E-state index in [1.54, 1.807) is 13.0 Å². The number of carbonyl (C=O) groups is 1. The minimum atomic E-state index is -0.143. The molecule has 0 radical (unpaired) electrons. The lowest BCUT2D eigenvalue weighted by Crippen LogP contribution is -2.48. The van der Waals surface area contributed by atoms with Gasteiger partial charge in [-0.2, -0.15) is 0 Å². The highest BCUT2D eigenvalue weighted by Crippen LogP contribution is 2.11. The van der Waals surface area contributed by atoms with Gasteiger partial charge >= 0.3 is 0 Å². The maximum absolute atomic E-state index is 11.8. The molecule has 1 aliphatic rings. The molecule has 2 rings (SSSR count). The largest absolute Gasteiger partial charge is 0.361 e. The smallest absolute Gasteiger partial charge is 0.273 e. The summed E-state index contributed by atoms with van der Waals surface area (Å²) >= 11 is 0. The van der Waals surface area contributed by atoms with E-state index in [1.165, 1.54) is 0 Å². The van der Waals surface area contributed by atoms with Crippen LogP contribution < -0.4 is 10.6 Å². The summed E-state index contributed by atoms with van der Waals surface area (Å²) in [6, 6.07) is 1.88. The van der Waals surface area contributed by atoms with Gasteiger partial charge in [0.1, 0.15) is 5.76 Å². The van der Waals surface area contributed by atoms with Crippen molar-refractivity contribution in [2.75, 3.05) is 13.1 Å². The Balaban J connectivity index is 1.96. The number of carbonyl (C=O) groups excluding carboxylic acids is 1. The van der Waals surface area contributed by atoms with E-state index >= 15 is 0 Å². The van der Waals surface area contributed by atoms with E-state index in [0.29, 0.717) is 17.4 Å². The minimum Gasteiger partial charge on any atom is -0.361 e. The number of aromatic nitrogens is 1. The Labute approximate surface area is 94.6 Å². The summed E-state index contributed by atoms with van der Waals surface area (Å²) in [5.41, 5.74) is 0.364. The van der Waals surface area contributed by atoms with Crippen molar-refractivity contribution in [2.24, 2.45) is 5.92 Å². The van der Waals surface area contributed by atoms with Crippen LogP contribution in [0.2, 0.25) is 0 Å². The summed E-state index contributed by atoms with van der Waals surface area (Å²) in [5, 5.41) is 10.00. The van der Waals surface area contributed by atoms with Crippen molar-refractivity contribution in [2.45, 2.75) is 26.3 Å². The molecule has 1 amide bonds. The van der Waals surface area contributed by atoms with Crippen LogP contribution in [0.3, 0.4) is 0 Å². The van der Waals surface area contributed by atoms with Crippen LogP contribution in [0.4, 0.5) is 0 Å². The molecule has 1 saturated heterocycles. The van der Waals surface area contributed by atoms with Gasteiger partial charge in [0, 0.05) is 12.1 Å². The van der Waals surface area contributed by atoms with Crippen LogP contribution in [-0.4, -0.2) is 30.2 Å². The first-order valence-corrected chi connectivity index (χ1v) is 5.61. The highest BCUT2D eigenvalue weighted by molar-refractivity contribution is 5.92. The van der Waals surface area contributed by atoms with E-state index in [1.807, 2.05) is 0 Å². The van der Waals surface area contributed by atoms with E-state index in [9.17, 15) is 4.79 Å². The Morgan fingerprint density at radius 3 is 3.12 bits per heavy atom. The number of nitrogens with one attached hydrogen (secondary N) is 2. The lowest BCUT2D eigenvalue weighted by atomic mass is 9.95. The molecule has 5 nitrogen and oxygen atoms in total.